The predicted octanol–water partition coefficient (Wildman–Crippen LogP) is 4.16. The fraction of sp³-hybridized carbons (Fsp3) is 0.222. The Balaban J connectivity index is 1.27. The first-order valence-corrected chi connectivity index (χ1v) is 11.3. The third kappa shape index (κ3) is 4.01. The van der Waals surface area contributed by atoms with Gasteiger partial charge in [0.25, 0.3) is 5.91 Å². The highest BCUT2D eigenvalue weighted by Gasteiger charge is 2.28. The van der Waals surface area contributed by atoms with E-state index in [-0.39, 0.29) is 17.9 Å². The molecule has 172 valence electrons. The summed E-state index contributed by atoms with van der Waals surface area (Å²) in [6, 6.07) is 23.1. The first-order chi connectivity index (χ1) is 16.5. The van der Waals surface area contributed by atoms with Gasteiger partial charge in [0, 0.05) is 42.3 Å². The molecule has 3 aromatic carbocycles. The highest BCUT2D eigenvalue weighted by Crippen LogP contribution is 2.23. The first kappa shape index (κ1) is 21.7. The van der Waals surface area contributed by atoms with Gasteiger partial charge < -0.3 is 14.5 Å². The zero-order valence-corrected chi connectivity index (χ0v) is 19.2. The number of ether oxygens (including phenoxy) is 1. The van der Waals surface area contributed by atoms with Gasteiger partial charge in [-0.25, -0.2) is 9.48 Å². The molecule has 7 nitrogen and oxygen atoms in total. The van der Waals surface area contributed by atoms with Crippen LogP contribution >= 0.6 is 0 Å². The smallest absolute Gasteiger partial charge is 0.337 e. The van der Waals surface area contributed by atoms with Crippen molar-refractivity contribution in [1.29, 1.82) is 0 Å². The van der Waals surface area contributed by atoms with Gasteiger partial charge in [0.1, 0.15) is 0 Å². The molecule has 0 saturated carbocycles. The minimum Gasteiger partial charge on any atom is -0.465 e. The lowest BCUT2D eigenvalue weighted by molar-refractivity contribution is 0.0599. The van der Waals surface area contributed by atoms with Crippen molar-refractivity contribution >= 4 is 28.5 Å². The van der Waals surface area contributed by atoms with Gasteiger partial charge in [0.15, 0.2) is 0 Å². The SMILES string of the molecule is COC(=O)c1ccc(N2CCN(C(=O)c3ccc(-n4ncc5ccccc54)cc3)C(C)C2)cc1. The molecular weight excluding hydrogens is 428 g/mol. The van der Waals surface area contributed by atoms with E-state index < -0.39 is 0 Å². The Bertz CT molecular complexity index is 1330. The van der Waals surface area contributed by atoms with Gasteiger partial charge in [-0.3, -0.25) is 4.79 Å². The number of rotatable bonds is 4. The highest BCUT2D eigenvalue weighted by molar-refractivity contribution is 5.95. The number of nitrogens with zero attached hydrogens (tertiary/aromatic N) is 4. The second-order valence-corrected chi connectivity index (χ2v) is 8.49. The fourth-order valence-electron chi connectivity index (χ4n) is 4.51. The summed E-state index contributed by atoms with van der Waals surface area (Å²) >= 11 is 0. The highest BCUT2D eigenvalue weighted by atomic mass is 16.5. The minimum atomic E-state index is -0.345. The van der Waals surface area contributed by atoms with Gasteiger partial charge >= 0.3 is 5.97 Å². The Labute approximate surface area is 198 Å². The monoisotopic (exact) mass is 454 g/mol. The molecule has 1 amide bonds. The second-order valence-electron chi connectivity index (χ2n) is 8.49. The number of esters is 1. The van der Waals surface area contributed by atoms with E-state index >= 15 is 0 Å². The van der Waals surface area contributed by atoms with Gasteiger partial charge in [0.2, 0.25) is 0 Å². The lowest BCUT2D eigenvalue weighted by Gasteiger charge is -2.41. The number of fused-ring (bicyclic) bond motifs is 1. The number of anilines is 1. The standard InChI is InChI=1S/C27H26N4O3/c1-19-18-29(23-11-9-21(10-12-23)27(33)34-2)15-16-30(19)26(32)20-7-13-24(14-8-20)31-25-6-4-3-5-22(25)17-28-31/h3-14,17,19H,15-16,18H2,1-2H3. The lowest BCUT2D eigenvalue weighted by atomic mass is 10.1. The molecule has 1 saturated heterocycles. The number of hydrogen-bond acceptors (Lipinski definition) is 5. The Hall–Kier alpha value is -4.13. The normalized spacial score (nSPS) is 16.0. The average molecular weight is 455 g/mol. The predicted molar refractivity (Wildman–Crippen MR) is 132 cm³/mol. The van der Waals surface area contributed by atoms with Gasteiger partial charge in [0.05, 0.1) is 30.1 Å². The van der Waals surface area contributed by atoms with Gasteiger partial charge in [-0.1, -0.05) is 18.2 Å². The summed E-state index contributed by atoms with van der Waals surface area (Å²) in [5, 5.41) is 5.57. The number of aromatic nitrogens is 2. The molecule has 4 aromatic rings. The van der Waals surface area contributed by atoms with Crippen LogP contribution in [0.25, 0.3) is 16.6 Å². The maximum absolute atomic E-state index is 13.2. The first-order valence-electron chi connectivity index (χ1n) is 11.3. The van der Waals surface area contributed by atoms with E-state index in [0.29, 0.717) is 17.7 Å². The molecule has 0 bridgehead atoms. The molecule has 0 radical (unpaired) electrons. The van der Waals surface area contributed by atoms with E-state index in [4.69, 9.17) is 4.74 Å². The molecule has 34 heavy (non-hydrogen) atoms. The Morgan fingerprint density at radius 2 is 1.56 bits per heavy atom. The van der Waals surface area contributed by atoms with Crippen molar-refractivity contribution in [1.82, 2.24) is 14.7 Å². The number of carbonyl (C=O) groups excluding carboxylic acids is 2. The van der Waals surface area contributed by atoms with E-state index in [2.05, 4.69) is 16.9 Å². The summed E-state index contributed by atoms with van der Waals surface area (Å²) < 4.78 is 6.65. The summed E-state index contributed by atoms with van der Waals surface area (Å²) in [7, 11) is 1.38. The van der Waals surface area contributed by atoms with Gasteiger partial charge in [-0.05, 0) is 61.5 Å². The van der Waals surface area contributed by atoms with E-state index in [1.807, 2.05) is 76.4 Å². The molecule has 1 aromatic heterocycles. The molecule has 0 spiro atoms. The maximum atomic E-state index is 13.2. The zero-order chi connectivity index (χ0) is 23.7. The largest absolute Gasteiger partial charge is 0.465 e. The van der Waals surface area contributed by atoms with Crippen molar-refractivity contribution in [2.45, 2.75) is 13.0 Å². The molecule has 2 heterocycles. The van der Waals surface area contributed by atoms with Crippen LogP contribution in [0.15, 0.2) is 79.0 Å². The van der Waals surface area contributed by atoms with Crippen molar-refractivity contribution in [3.05, 3.63) is 90.1 Å². The third-order valence-electron chi connectivity index (χ3n) is 6.38. The quantitative estimate of drug-likeness (QED) is 0.433. The van der Waals surface area contributed by atoms with Crippen LogP contribution in [-0.4, -0.2) is 59.3 Å². The zero-order valence-electron chi connectivity index (χ0n) is 19.2. The van der Waals surface area contributed by atoms with Crippen LogP contribution in [0.3, 0.4) is 0 Å². The summed E-state index contributed by atoms with van der Waals surface area (Å²) in [6.07, 6.45) is 1.85. The summed E-state index contributed by atoms with van der Waals surface area (Å²) in [4.78, 5) is 29.1. The Morgan fingerprint density at radius 3 is 2.26 bits per heavy atom. The van der Waals surface area contributed by atoms with E-state index in [1.54, 1.807) is 12.1 Å². The maximum Gasteiger partial charge on any atom is 0.337 e. The van der Waals surface area contributed by atoms with Crippen molar-refractivity contribution in [3.63, 3.8) is 0 Å². The van der Waals surface area contributed by atoms with Crippen LogP contribution < -0.4 is 4.90 Å². The number of benzene rings is 3. The van der Waals surface area contributed by atoms with Crippen LogP contribution in [0.2, 0.25) is 0 Å². The number of piperazine rings is 1. The van der Waals surface area contributed by atoms with Crippen molar-refractivity contribution in [2.75, 3.05) is 31.6 Å². The van der Waals surface area contributed by atoms with Crippen molar-refractivity contribution in [3.8, 4) is 5.69 Å². The van der Waals surface area contributed by atoms with E-state index in [1.165, 1.54) is 7.11 Å². The summed E-state index contributed by atoms with van der Waals surface area (Å²) in [6.45, 7) is 4.15. The molecule has 1 fully saturated rings. The van der Waals surface area contributed by atoms with Gasteiger partial charge in [-0.15, -0.1) is 0 Å². The number of amides is 1. The van der Waals surface area contributed by atoms with Crippen LogP contribution in [0, 0.1) is 0 Å². The molecule has 7 heteroatoms. The molecule has 1 atom stereocenters. The van der Waals surface area contributed by atoms with E-state index in [0.717, 1.165) is 35.4 Å². The number of methoxy groups -OCH3 is 1. The summed E-state index contributed by atoms with van der Waals surface area (Å²) in [5.41, 5.74) is 4.18. The summed E-state index contributed by atoms with van der Waals surface area (Å²) in [5.74, 6) is -0.313. The topological polar surface area (TPSA) is 67.7 Å². The molecule has 0 aliphatic carbocycles. The minimum absolute atomic E-state index is 0.0325. The molecule has 1 aliphatic rings. The Morgan fingerprint density at radius 1 is 0.882 bits per heavy atom. The van der Waals surface area contributed by atoms with Crippen molar-refractivity contribution < 1.29 is 14.3 Å². The van der Waals surface area contributed by atoms with Crippen LogP contribution in [-0.2, 0) is 4.74 Å². The van der Waals surface area contributed by atoms with Gasteiger partial charge in [-0.2, -0.15) is 5.10 Å². The molecule has 1 aliphatic heterocycles. The number of hydrogen-bond donors (Lipinski definition) is 0. The molecule has 5 rings (SSSR count). The number of para-hydroxylation sites is 1. The second kappa shape index (κ2) is 9.02. The van der Waals surface area contributed by atoms with Crippen molar-refractivity contribution in [2.24, 2.45) is 0 Å². The lowest BCUT2D eigenvalue weighted by Crippen LogP contribution is -2.54. The Kier molecular flexibility index (Phi) is 5.76. The molecule has 1 unspecified atom stereocenters. The van der Waals surface area contributed by atoms with Crippen LogP contribution in [0.5, 0.6) is 0 Å². The number of carbonyl (C=O) groups is 2. The van der Waals surface area contributed by atoms with Crippen LogP contribution in [0.1, 0.15) is 27.6 Å². The third-order valence-corrected chi connectivity index (χ3v) is 6.38. The molecule has 0 N–H and O–H groups in total. The van der Waals surface area contributed by atoms with Crippen LogP contribution in [0.4, 0.5) is 5.69 Å². The van der Waals surface area contributed by atoms with E-state index in [9.17, 15) is 9.59 Å². The molecular formula is C27H26N4O3. The average Bonchev–Trinajstić information content (AvgIpc) is 3.32. The fourth-order valence-corrected chi connectivity index (χ4v) is 4.51.